The van der Waals surface area contributed by atoms with E-state index < -0.39 is 0 Å². The number of nitrogens with one attached hydrogen (secondary N) is 1. The van der Waals surface area contributed by atoms with Crippen molar-refractivity contribution in [3.63, 3.8) is 0 Å². The number of aromatic amines is 1. The van der Waals surface area contributed by atoms with E-state index in [1.807, 2.05) is 28.7 Å². The van der Waals surface area contributed by atoms with Crippen LogP contribution in [0.25, 0.3) is 11.0 Å². The Balaban J connectivity index is 2.98. The predicted octanol–water partition coefficient (Wildman–Crippen LogP) is 2.34. The van der Waals surface area contributed by atoms with E-state index in [1.54, 1.807) is 0 Å². The van der Waals surface area contributed by atoms with E-state index in [0.29, 0.717) is 0 Å². The zero-order chi connectivity index (χ0) is 7.84. The van der Waals surface area contributed by atoms with E-state index in [1.165, 1.54) is 5.39 Å². The molecule has 0 radical (unpaired) electrons. The molecule has 1 N–H and O–H groups in total. The average molecular weight is 182 g/mol. The average Bonchev–Trinajstić information content (AvgIpc) is 2.33. The summed E-state index contributed by atoms with van der Waals surface area (Å²) in [6.07, 6.45) is 1.97. The molecule has 2 aromatic heterocycles. The number of pyridine rings is 1. The molecule has 11 heavy (non-hydrogen) atoms. The molecule has 2 aromatic rings. The first-order valence-electron chi connectivity index (χ1n) is 3.23. The molecule has 1 unspecified atom stereocenters. The zero-order valence-electron chi connectivity index (χ0n) is 5.74. The van der Waals surface area contributed by atoms with E-state index >= 15 is 0 Å². The van der Waals surface area contributed by atoms with Crippen molar-refractivity contribution in [3.8, 4) is 0 Å². The van der Waals surface area contributed by atoms with Crippen LogP contribution >= 0.6 is 21.6 Å². The molecule has 0 fully saturated rings. The van der Waals surface area contributed by atoms with Crippen molar-refractivity contribution >= 4 is 32.6 Å². The van der Waals surface area contributed by atoms with Crippen LogP contribution < -0.4 is 0 Å². The van der Waals surface area contributed by atoms with Gasteiger partial charge in [0.2, 0.25) is 0 Å². The van der Waals surface area contributed by atoms with Gasteiger partial charge in [0, 0.05) is 11.6 Å². The standard InChI is InChI=1S/C7H7N2PS/c10-9-4-3-5-1-2-6(11)8-7(5)9/h1-4H,10H2,(H,8,11). The van der Waals surface area contributed by atoms with Gasteiger partial charge in [-0.2, -0.15) is 0 Å². The number of hydrogen-bond donors (Lipinski definition) is 1. The summed E-state index contributed by atoms with van der Waals surface area (Å²) in [5.74, 6) is 0. The van der Waals surface area contributed by atoms with Crippen LogP contribution in [-0.4, -0.2) is 9.32 Å². The number of aromatic nitrogens is 2. The van der Waals surface area contributed by atoms with Gasteiger partial charge in [0.15, 0.2) is 0 Å². The summed E-state index contributed by atoms with van der Waals surface area (Å²) in [5.41, 5.74) is 1.04. The highest BCUT2D eigenvalue weighted by Gasteiger charge is 1.94. The van der Waals surface area contributed by atoms with Gasteiger partial charge >= 0.3 is 0 Å². The highest BCUT2D eigenvalue weighted by molar-refractivity contribution is 7.71. The first-order chi connectivity index (χ1) is 5.27. The van der Waals surface area contributed by atoms with Gasteiger partial charge in [-0.15, -0.1) is 0 Å². The normalized spacial score (nSPS) is 10.6. The first kappa shape index (κ1) is 7.01. The molecule has 0 aliphatic heterocycles. The van der Waals surface area contributed by atoms with Crippen LogP contribution in [0.15, 0.2) is 24.4 Å². The minimum absolute atomic E-state index is 0.764. The summed E-state index contributed by atoms with van der Waals surface area (Å²) >= 11 is 4.99. The van der Waals surface area contributed by atoms with Crippen molar-refractivity contribution in [3.05, 3.63) is 29.0 Å². The third kappa shape index (κ3) is 1.10. The second kappa shape index (κ2) is 2.43. The van der Waals surface area contributed by atoms with Crippen molar-refractivity contribution in [1.82, 2.24) is 9.32 Å². The van der Waals surface area contributed by atoms with Crippen LogP contribution in [-0.2, 0) is 0 Å². The molecule has 2 heterocycles. The Hall–Kier alpha value is -0.660. The Morgan fingerprint density at radius 1 is 1.36 bits per heavy atom. The number of nitrogens with zero attached hydrogens (tertiary/aromatic N) is 1. The van der Waals surface area contributed by atoms with Crippen LogP contribution in [0.5, 0.6) is 0 Å². The Kier molecular flexibility index (Phi) is 1.55. The highest BCUT2D eigenvalue weighted by Crippen LogP contribution is 2.14. The predicted molar refractivity (Wildman–Crippen MR) is 52.2 cm³/mol. The molecule has 0 aliphatic rings. The molecule has 0 amide bonds. The molecule has 1 atom stereocenters. The lowest BCUT2D eigenvalue weighted by molar-refractivity contribution is 1.25. The Morgan fingerprint density at radius 3 is 3.00 bits per heavy atom. The summed E-state index contributed by atoms with van der Waals surface area (Å²) in [7, 11) is 2.59. The summed E-state index contributed by atoms with van der Waals surface area (Å²) in [6, 6.07) is 5.94. The molecule has 0 spiro atoms. The fourth-order valence-electron chi connectivity index (χ4n) is 1.06. The Morgan fingerprint density at radius 2 is 2.18 bits per heavy atom. The topological polar surface area (TPSA) is 20.7 Å². The van der Waals surface area contributed by atoms with E-state index in [9.17, 15) is 0 Å². The van der Waals surface area contributed by atoms with Crippen LogP contribution in [0.4, 0.5) is 0 Å². The number of rotatable bonds is 0. The lowest BCUT2D eigenvalue weighted by Crippen LogP contribution is -1.80. The SMILES string of the molecule is Pn1ccc2ccc(=S)[nH]c21. The smallest absolute Gasteiger partial charge is 0.121 e. The maximum absolute atomic E-state index is 4.99. The summed E-state index contributed by atoms with van der Waals surface area (Å²) in [4.78, 5) is 3.09. The van der Waals surface area contributed by atoms with Gasteiger partial charge in [-0.1, -0.05) is 12.2 Å². The van der Waals surface area contributed by atoms with Crippen LogP contribution in [0.1, 0.15) is 0 Å². The molecule has 0 saturated carbocycles. The molecule has 0 aliphatic carbocycles. The third-order valence-corrected chi connectivity index (χ3v) is 2.27. The Bertz CT molecular complexity index is 443. The fourth-order valence-corrected chi connectivity index (χ4v) is 1.52. The first-order valence-corrected chi connectivity index (χ1v) is 4.15. The second-order valence-corrected chi connectivity index (χ2v) is 3.35. The van der Waals surface area contributed by atoms with Crippen LogP contribution in [0.3, 0.4) is 0 Å². The number of H-pyrrole nitrogens is 1. The molecular weight excluding hydrogens is 175 g/mol. The van der Waals surface area contributed by atoms with Gasteiger partial charge in [0.05, 0.1) is 0 Å². The van der Waals surface area contributed by atoms with E-state index in [-0.39, 0.29) is 0 Å². The lowest BCUT2D eigenvalue weighted by Gasteiger charge is -1.93. The Labute approximate surface area is 71.5 Å². The lowest BCUT2D eigenvalue weighted by atomic mass is 10.3. The maximum Gasteiger partial charge on any atom is 0.121 e. The van der Waals surface area contributed by atoms with Gasteiger partial charge in [0.25, 0.3) is 0 Å². The molecule has 0 aromatic carbocycles. The second-order valence-electron chi connectivity index (χ2n) is 2.35. The van der Waals surface area contributed by atoms with Crippen molar-refractivity contribution in [1.29, 1.82) is 0 Å². The van der Waals surface area contributed by atoms with Gasteiger partial charge in [0.1, 0.15) is 10.3 Å². The fraction of sp³-hybridized carbons (Fsp3) is 0. The van der Waals surface area contributed by atoms with E-state index in [2.05, 4.69) is 14.4 Å². The van der Waals surface area contributed by atoms with Crippen molar-refractivity contribution in [2.75, 3.05) is 0 Å². The van der Waals surface area contributed by atoms with Crippen molar-refractivity contribution in [2.24, 2.45) is 0 Å². The van der Waals surface area contributed by atoms with Gasteiger partial charge in [-0.3, -0.25) is 0 Å². The van der Waals surface area contributed by atoms with Gasteiger partial charge < -0.3 is 9.32 Å². The molecule has 0 saturated heterocycles. The highest BCUT2D eigenvalue weighted by atomic mass is 32.1. The maximum atomic E-state index is 4.99. The van der Waals surface area contributed by atoms with Gasteiger partial charge in [-0.25, -0.2) is 0 Å². The summed E-state index contributed by atoms with van der Waals surface area (Å²) in [5, 5.41) is 1.17. The quantitative estimate of drug-likeness (QED) is 0.490. The number of hydrogen-bond acceptors (Lipinski definition) is 1. The molecule has 0 bridgehead atoms. The van der Waals surface area contributed by atoms with Crippen molar-refractivity contribution in [2.45, 2.75) is 0 Å². The number of fused-ring (bicyclic) bond motifs is 1. The molecule has 2 rings (SSSR count). The monoisotopic (exact) mass is 182 g/mol. The van der Waals surface area contributed by atoms with Crippen LogP contribution in [0.2, 0.25) is 0 Å². The molecule has 2 nitrogen and oxygen atoms in total. The minimum atomic E-state index is 0.764. The third-order valence-electron chi connectivity index (χ3n) is 1.60. The summed E-state index contributed by atoms with van der Waals surface area (Å²) in [6.45, 7) is 0. The van der Waals surface area contributed by atoms with E-state index in [4.69, 9.17) is 12.2 Å². The zero-order valence-corrected chi connectivity index (χ0v) is 7.71. The minimum Gasteiger partial charge on any atom is -0.332 e. The summed E-state index contributed by atoms with van der Waals surface area (Å²) < 4.78 is 2.70. The molecule has 4 heteroatoms. The largest absolute Gasteiger partial charge is 0.332 e. The van der Waals surface area contributed by atoms with Crippen LogP contribution in [0, 0.1) is 4.64 Å². The van der Waals surface area contributed by atoms with Gasteiger partial charge in [-0.05, 0) is 27.6 Å². The van der Waals surface area contributed by atoms with E-state index in [0.717, 1.165) is 10.3 Å². The molecular formula is C7H7N2PS. The van der Waals surface area contributed by atoms with Crippen molar-refractivity contribution < 1.29 is 0 Å². The molecule has 56 valence electrons.